The van der Waals surface area contributed by atoms with Crippen LogP contribution in [0.15, 0.2) is 42.6 Å². The molecule has 5 rings (SSSR count). The van der Waals surface area contributed by atoms with E-state index in [9.17, 15) is 14.0 Å². The Morgan fingerprint density at radius 2 is 1.89 bits per heavy atom. The van der Waals surface area contributed by atoms with Crippen molar-refractivity contribution in [1.82, 2.24) is 20.3 Å². The van der Waals surface area contributed by atoms with Gasteiger partial charge in [-0.1, -0.05) is 0 Å². The van der Waals surface area contributed by atoms with Crippen LogP contribution in [-0.4, -0.2) is 52.0 Å². The van der Waals surface area contributed by atoms with E-state index in [-0.39, 0.29) is 35.2 Å². The fourth-order valence-electron chi connectivity index (χ4n) is 3.65. The summed E-state index contributed by atoms with van der Waals surface area (Å²) in [7, 11) is 0. The van der Waals surface area contributed by atoms with Gasteiger partial charge in [0.15, 0.2) is 28.8 Å². The van der Waals surface area contributed by atoms with Crippen molar-refractivity contribution in [3.05, 3.63) is 48.4 Å². The average Bonchev–Trinajstić information content (AvgIpc) is 2.82. The molecular formula is C23H23FN8O3. The molecule has 180 valence electrons. The van der Waals surface area contributed by atoms with Gasteiger partial charge in [0.05, 0.1) is 12.7 Å². The number of anilines is 6. The molecule has 12 heteroatoms. The number of carbonyl (C=O) groups is 2. The van der Waals surface area contributed by atoms with Gasteiger partial charge in [-0.15, -0.1) is 0 Å². The van der Waals surface area contributed by atoms with Gasteiger partial charge < -0.3 is 30.9 Å². The topological polar surface area (TPSA) is 133 Å². The van der Waals surface area contributed by atoms with Crippen LogP contribution in [0.4, 0.5) is 39.2 Å². The lowest BCUT2D eigenvalue weighted by Crippen LogP contribution is -2.47. The van der Waals surface area contributed by atoms with E-state index in [1.54, 1.807) is 26.0 Å². The van der Waals surface area contributed by atoms with Gasteiger partial charge in [0.25, 0.3) is 5.91 Å². The predicted octanol–water partition coefficient (Wildman–Crippen LogP) is 2.54. The van der Waals surface area contributed by atoms with Gasteiger partial charge in [-0.05, 0) is 50.2 Å². The van der Waals surface area contributed by atoms with Gasteiger partial charge in [-0.2, -0.15) is 4.98 Å². The number of piperazine rings is 1. The highest BCUT2D eigenvalue weighted by Crippen LogP contribution is 2.33. The second-order valence-corrected chi connectivity index (χ2v) is 8.57. The third-order valence-corrected chi connectivity index (χ3v) is 5.52. The molecule has 1 aromatic carbocycles. The SMILES string of the molecule is CC1(C)Oc2ccc(Nc3nc(Nc4ccc(N5CCNC(=O)C5)cc4)ncc3F)nc2NC1=O. The highest BCUT2D eigenvalue weighted by molar-refractivity contribution is 5.99. The summed E-state index contributed by atoms with van der Waals surface area (Å²) in [4.78, 5) is 38.2. The van der Waals surface area contributed by atoms with E-state index in [1.807, 2.05) is 29.2 Å². The largest absolute Gasteiger partial charge is 0.474 e. The number of fused-ring (bicyclic) bond motifs is 1. The molecule has 35 heavy (non-hydrogen) atoms. The highest BCUT2D eigenvalue weighted by Gasteiger charge is 2.36. The van der Waals surface area contributed by atoms with Crippen LogP contribution in [-0.2, 0) is 9.59 Å². The van der Waals surface area contributed by atoms with E-state index in [4.69, 9.17) is 4.74 Å². The zero-order chi connectivity index (χ0) is 24.6. The summed E-state index contributed by atoms with van der Waals surface area (Å²) in [5, 5.41) is 11.3. The molecule has 2 amide bonds. The molecular weight excluding hydrogens is 455 g/mol. The quantitative estimate of drug-likeness (QED) is 0.437. The summed E-state index contributed by atoms with van der Waals surface area (Å²) in [6.07, 6.45) is 1.05. The molecule has 0 unspecified atom stereocenters. The molecule has 1 fully saturated rings. The average molecular weight is 478 g/mol. The third-order valence-electron chi connectivity index (χ3n) is 5.52. The molecule has 2 aliphatic heterocycles. The van der Waals surface area contributed by atoms with Crippen LogP contribution in [0.2, 0.25) is 0 Å². The first-order valence-electron chi connectivity index (χ1n) is 11.0. The van der Waals surface area contributed by atoms with Crippen molar-refractivity contribution in [2.75, 3.05) is 40.5 Å². The van der Waals surface area contributed by atoms with Crippen molar-refractivity contribution in [3.63, 3.8) is 0 Å². The Balaban J connectivity index is 1.29. The van der Waals surface area contributed by atoms with Crippen molar-refractivity contribution in [1.29, 1.82) is 0 Å². The molecule has 0 saturated carbocycles. The second-order valence-electron chi connectivity index (χ2n) is 8.57. The van der Waals surface area contributed by atoms with E-state index in [1.165, 1.54) is 0 Å². The number of nitrogens with one attached hydrogen (secondary N) is 4. The lowest BCUT2D eigenvalue weighted by atomic mass is 10.1. The van der Waals surface area contributed by atoms with Crippen molar-refractivity contribution in [2.45, 2.75) is 19.4 Å². The van der Waals surface area contributed by atoms with Gasteiger partial charge in [-0.25, -0.2) is 14.4 Å². The number of carbonyl (C=O) groups excluding carboxylic acids is 2. The number of nitrogens with zero attached hydrogens (tertiary/aromatic N) is 4. The number of hydrogen-bond donors (Lipinski definition) is 4. The highest BCUT2D eigenvalue weighted by atomic mass is 19.1. The summed E-state index contributed by atoms with van der Waals surface area (Å²) in [6, 6.07) is 10.7. The lowest BCUT2D eigenvalue weighted by molar-refractivity contribution is -0.129. The van der Waals surface area contributed by atoms with Gasteiger partial charge in [0.1, 0.15) is 5.82 Å². The van der Waals surface area contributed by atoms with E-state index >= 15 is 0 Å². The number of amides is 2. The van der Waals surface area contributed by atoms with Crippen LogP contribution in [0.3, 0.4) is 0 Å². The standard InChI is InChI=1S/C23H23FN8O3/c1-23(2)21(34)30-20-16(35-23)7-8-17(29-20)28-19-15(24)11-26-22(31-19)27-13-3-5-14(6-4-13)32-10-9-25-18(33)12-32/h3-8,11H,9-10,12H2,1-2H3,(H,25,33)(H3,26,27,28,29,30,31,34). The van der Waals surface area contributed by atoms with Crippen LogP contribution in [0.25, 0.3) is 0 Å². The molecule has 2 aliphatic rings. The number of benzene rings is 1. The number of aromatic nitrogens is 3. The maximum atomic E-state index is 14.4. The lowest BCUT2D eigenvalue weighted by Gasteiger charge is -2.30. The molecule has 11 nitrogen and oxygen atoms in total. The first-order chi connectivity index (χ1) is 16.8. The molecule has 4 N–H and O–H groups in total. The minimum Gasteiger partial charge on any atom is -0.474 e. The molecule has 0 atom stereocenters. The molecule has 3 aromatic rings. The van der Waals surface area contributed by atoms with Crippen LogP contribution < -0.4 is 30.9 Å². The molecule has 1 saturated heterocycles. The van der Waals surface area contributed by atoms with Gasteiger partial charge in [0, 0.05) is 24.5 Å². The summed E-state index contributed by atoms with van der Waals surface area (Å²) >= 11 is 0. The molecule has 0 aliphatic carbocycles. The number of rotatable bonds is 5. The van der Waals surface area contributed by atoms with Crippen LogP contribution in [0.5, 0.6) is 5.75 Å². The van der Waals surface area contributed by atoms with E-state index in [2.05, 4.69) is 36.2 Å². The Kier molecular flexibility index (Phi) is 5.55. The van der Waals surface area contributed by atoms with E-state index in [0.717, 1.165) is 18.4 Å². The Morgan fingerprint density at radius 1 is 1.09 bits per heavy atom. The monoisotopic (exact) mass is 478 g/mol. The van der Waals surface area contributed by atoms with E-state index < -0.39 is 11.4 Å². The first-order valence-corrected chi connectivity index (χ1v) is 11.0. The Morgan fingerprint density at radius 3 is 2.66 bits per heavy atom. The third kappa shape index (κ3) is 4.76. The minimum absolute atomic E-state index is 0.00893. The fraction of sp³-hybridized carbons (Fsp3) is 0.261. The smallest absolute Gasteiger partial charge is 0.269 e. The normalized spacial score (nSPS) is 16.5. The first kappa shape index (κ1) is 22.3. The summed E-state index contributed by atoms with van der Waals surface area (Å²) in [5.41, 5.74) is 0.608. The van der Waals surface area contributed by atoms with Gasteiger partial charge >= 0.3 is 0 Å². The Bertz CT molecular complexity index is 1300. The molecule has 2 aromatic heterocycles. The molecule has 0 spiro atoms. The maximum Gasteiger partial charge on any atom is 0.269 e. The van der Waals surface area contributed by atoms with Gasteiger partial charge in [-0.3, -0.25) is 9.59 Å². The fourth-order valence-corrected chi connectivity index (χ4v) is 3.65. The predicted molar refractivity (Wildman–Crippen MR) is 128 cm³/mol. The minimum atomic E-state index is -1.01. The van der Waals surface area contributed by atoms with Crippen LogP contribution in [0.1, 0.15) is 13.8 Å². The van der Waals surface area contributed by atoms with E-state index in [0.29, 0.717) is 24.5 Å². The van der Waals surface area contributed by atoms with Crippen molar-refractivity contribution in [2.24, 2.45) is 0 Å². The zero-order valence-corrected chi connectivity index (χ0v) is 19.1. The Labute approximate surface area is 200 Å². The van der Waals surface area contributed by atoms with Crippen molar-refractivity contribution >= 4 is 46.6 Å². The molecule has 4 heterocycles. The number of pyridine rings is 1. The summed E-state index contributed by atoms with van der Waals surface area (Å²) < 4.78 is 20.1. The summed E-state index contributed by atoms with van der Waals surface area (Å²) in [5.74, 6) is -0.00217. The van der Waals surface area contributed by atoms with Crippen LogP contribution in [0, 0.1) is 5.82 Å². The molecule has 0 radical (unpaired) electrons. The number of ether oxygens (including phenoxy) is 1. The number of halogens is 1. The zero-order valence-electron chi connectivity index (χ0n) is 19.1. The molecule has 0 bridgehead atoms. The summed E-state index contributed by atoms with van der Waals surface area (Å²) in [6.45, 7) is 4.96. The Hall–Kier alpha value is -4.48. The van der Waals surface area contributed by atoms with Crippen molar-refractivity contribution in [3.8, 4) is 5.75 Å². The number of hydrogen-bond acceptors (Lipinski definition) is 9. The van der Waals surface area contributed by atoms with Gasteiger partial charge in [0.2, 0.25) is 11.9 Å². The van der Waals surface area contributed by atoms with Crippen LogP contribution >= 0.6 is 0 Å². The second kappa shape index (κ2) is 8.70. The maximum absolute atomic E-state index is 14.4. The van der Waals surface area contributed by atoms with Crippen molar-refractivity contribution < 1.29 is 18.7 Å².